The number of aromatic amines is 1. The Morgan fingerprint density at radius 3 is 2.77 bits per heavy atom. The molecule has 1 aromatic carbocycles. The molecular weight excluding hydrogens is 414 g/mol. The van der Waals surface area contributed by atoms with E-state index in [0.717, 1.165) is 49.3 Å². The number of likely N-dealkylation sites (tertiary alicyclic amines) is 1. The minimum atomic E-state index is 0.420. The Kier molecular flexibility index (Phi) is 7.22. The summed E-state index contributed by atoms with van der Waals surface area (Å²) in [6.07, 6.45) is 4.50. The number of H-pyrrole nitrogens is 1. The van der Waals surface area contributed by atoms with E-state index in [0.29, 0.717) is 30.6 Å². The standard InChI is InChI=1S/C22H28ClN7O/c1-24-22(25-11-8-20-27-21(29-28-20)19-3-2-14-31-19)26-18-9-12-30(13-10-18)15-16-4-6-17(23)7-5-16/h2-7,14,18H,8-13,15H2,1H3,(H2,24,25,26)(H,27,28,29). The third kappa shape index (κ3) is 6.08. The highest BCUT2D eigenvalue weighted by molar-refractivity contribution is 6.30. The summed E-state index contributed by atoms with van der Waals surface area (Å²) < 4.78 is 5.32. The molecule has 4 rings (SSSR count). The van der Waals surface area contributed by atoms with Crippen molar-refractivity contribution in [2.24, 2.45) is 4.99 Å². The van der Waals surface area contributed by atoms with Crippen molar-refractivity contribution in [1.29, 1.82) is 0 Å². The minimum absolute atomic E-state index is 0.420. The molecule has 0 spiro atoms. The molecule has 0 atom stereocenters. The van der Waals surface area contributed by atoms with Crippen molar-refractivity contribution >= 4 is 17.6 Å². The zero-order valence-electron chi connectivity index (χ0n) is 17.6. The lowest BCUT2D eigenvalue weighted by Gasteiger charge is -2.33. The fourth-order valence-corrected chi connectivity index (χ4v) is 3.82. The molecule has 0 radical (unpaired) electrons. The fourth-order valence-electron chi connectivity index (χ4n) is 3.69. The van der Waals surface area contributed by atoms with E-state index < -0.39 is 0 Å². The summed E-state index contributed by atoms with van der Waals surface area (Å²) in [6.45, 7) is 3.80. The summed E-state index contributed by atoms with van der Waals surface area (Å²) in [7, 11) is 1.80. The van der Waals surface area contributed by atoms with Gasteiger partial charge in [0.25, 0.3) is 0 Å². The first-order chi connectivity index (χ1) is 15.2. The quantitative estimate of drug-likeness (QED) is 0.385. The Morgan fingerprint density at radius 2 is 2.06 bits per heavy atom. The van der Waals surface area contributed by atoms with Crippen LogP contribution in [0.2, 0.25) is 5.02 Å². The Hall–Kier alpha value is -2.84. The Balaban J connectivity index is 1.17. The van der Waals surface area contributed by atoms with Gasteiger partial charge in [0.05, 0.1) is 6.26 Å². The van der Waals surface area contributed by atoms with Crippen molar-refractivity contribution in [3.8, 4) is 11.6 Å². The maximum atomic E-state index is 5.98. The first-order valence-corrected chi connectivity index (χ1v) is 11.0. The molecule has 1 saturated heterocycles. The minimum Gasteiger partial charge on any atom is -0.461 e. The molecule has 2 aromatic heterocycles. The Bertz CT molecular complexity index is 960. The molecule has 8 nitrogen and oxygen atoms in total. The van der Waals surface area contributed by atoms with Gasteiger partial charge in [0.1, 0.15) is 5.82 Å². The summed E-state index contributed by atoms with van der Waals surface area (Å²) in [6, 6.07) is 12.2. The number of rotatable bonds is 7. The highest BCUT2D eigenvalue weighted by Crippen LogP contribution is 2.16. The van der Waals surface area contributed by atoms with Gasteiger partial charge in [-0.3, -0.25) is 15.0 Å². The number of nitrogens with zero attached hydrogens (tertiary/aromatic N) is 4. The molecule has 0 aliphatic carbocycles. The number of hydrogen-bond acceptors (Lipinski definition) is 5. The van der Waals surface area contributed by atoms with E-state index in [9.17, 15) is 0 Å². The van der Waals surface area contributed by atoms with Crippen LogP contribution in [0.5, 0.6) is 0 Å². The third-order valence-corrected chi connectivity index (χ3v) is 5.65. The maximum Gasteiger partial charge on any atom is 0.216 e. The van der Waals surface area contributed by atoms with Gasteiger partial charge in [-0.05, 0) is 42.7 Å². The van der Waals surface area contributed by atoms with Crippen LogP contribution in [0.4, 0.5) is 0 Å². The maximum absolute atomic E-state index is 5.98. The number of nitrogens with one attached hydrogen (secondary N) is 3. The zero-order valence-corrected chi connectivity index (χ0v) is 18.4. The predicted molar refractivity (Wildman–Crippen MR) is 122 cm³/mol. The van der Waals surface area contributed by atoms with Crippen molar-refractivity contribution in [1.82, 2.24) is 30.7 Å². The first-order valence-electron chi connectivity index (χ1n) is 10.6. The molecule has 3 N–H and O–H groups in total. The van der Waals surface area contributed by atoms with Crippen LogP contribution in [0.3, 0.4) is 0 Å². The number of furan rings is 1. The number of guanidine groups is 1. The number of aromatic nitrogens is 3. The van der Waals surface area contributed by atoms with Gasteiger partial charge < -0.3 is 15.1 Å². The predicted octanol–water partition coefficient (Wildman–Crippen LogP) is 3.09. The van der Waals surface area contributed by atoms with E-state index in [1.165, 1.54) is 5.56 Å². The number of hydrogen-bond donors (Lipinski definition) is 3. The molecule has 9 heteroatoms. The van der Waals surface area contributed by atoms with Gasteiger partial charge in [-0.25, -0.2) is 4.98 Å². The lowest BCUT2D eigenvalue weighted by Crippen LogP contribution is -2.48. The van der Waals surface area contributed by atoms with Gasteiger partial charge in [-0.15, -0.1) is 0 Å². The summed E-state index contributed by atoms with van der Waals surface area (Å²) in [5.41, 5.74) is 1.30. The van der Waals surface area contributed by atoms with Crippen LogP contribution in [-0.4, -0.2) is 58.8 Å². The summed E-state index contributed by atoms with van der Waals surface area (Å²) in [5, 5.41) is 14.9. The summed E-state index contributed by atoms with van der Waals surface area (Å²) >= 11 is 5.98. The fraction of sp³-hybridized carbons (Fsp3) is 0.409. The molecule has 164 valence electrons. The normalized spacial score (nSPS) is 15.9. The van der Waals surface area contributed by atoms with E-state index >= 15 is 0 Å². The van der Waals surface area contributed by atoms with Crippen molar-refractivity contribution in [3.63, 3.8) is 0 Å². The number of aliphatic imine (C=N–C) groups is 1. The molecule has 1 fully saturated rings. The number of benzene rings is 1. The monoisotopic (exact) mass is 441 g/mol. The van der Waals surface area contributed by atoms with Crippen LogP contribution in [0.15, 0.2) is 52.1 Å². The van der Waals surface area contributed by atoms with E-state index in [4.69, 9.17) is 16.0 Å². The highest BCUT2D eigenvalue weighted by Gasteiger charge is 2.20. The van der Waals surface area contributed by atoms with E-state index in [1.807, 2.05) is 24.3 Å². The van der Waals surface area contributed by atoms with Crippen molar-refractivity contribution < 1.29 is 4.42 Å². The highest BCUT2D eigenvalue weighted by atomic mass is 35.5. The van der Waals surface area contributed by atoms with Crippen molar-refractivity contribution in [3.05, 3.63) is 59.1 Å². The van der Waals surface area contributed by atoms with Gasteiger partial charge in [-0.1, -0.05) is 23.7 Å². The van der Waals surface area contributed by atoms with Gasteiger partial charge in [0.2, 0.25) is 5.82 Å². The molecule has 0 saturated carbocycles. The lowest BCUT2D eigenvalue weighted by atomic mass is 10.0. The van der Waals surface area contributed by atoms with Crippen molar-refractivity contribution in [2.45, 2.75) is 31.8 Å². The van der Waals surface area contributed by atoms with Gasteiger partial charge in [-0.2, -0.15) is 5.10 Å². The Labute approximate surface area is 187 Å². The lowest BCUT2D eigenvalue weighted by molar-refractivity contribution is 0.198. The number of halogens is 1. The van der Waals surface area contributed by atoms with E-state index in [-0.39, 0.29) is 0 Å². The first kappa shape index (κ1) is 21.4. The molecule has 0 bridgehead atoms. The average molecular weight is 442 g/mol. The van der Waals surface area contributed by atoms with Crippen molar-refractivity contribution in [2.75, 3.05) is 26.7 Å². The van der Waals surface area contributed by atoms with Crippen LogP contribution in [0.1, 0.15) is 24.2 Å². The zero-order chi connectivity index (χ0) is 21.5. The van der Waals surface area contributed by atoms with E-state index in [1.54, 1.807) is 13.3 Å². The average Bonchev–Trinajstić information content (AvgIpc) is 3.48. The van der Waals surface area contributed by atoms with Crippen LogP contribution in [0.25, 0.3) is 11.6 Å². The number of piperidine rings is 1. The Morgan fingerprint density at radius 1 is 1.26 bits per heavy atom. The van der Waals surface area contributed by atoms with Gasteiger partial charge >= 0.3 is 0 Å². The SMILES string of the molecule is CN=C(NCCc1nc(-c2ccco2)n[nH]1)NC1CCN(Cc2ccc(Cl)cc2)CC1. The van der Waals surface area contributed by atoms with E-state index in [2.05, 4.69) is 47.8 Å². The van der Waals surface area contributed by atoms with Crippen LogP contribution in [-0.2, 0) is 13.0 Å². The molecule has 0 amide bonds. The second-order valence-corrected chi connectivity index (χ2v) is 8.09. The third-order valence-electron chi connectivity index (χ3n) is 5.40. The largest absolute Gasteiger partial charge is 0.461 e. The molecule has 1 aliphatic rings. The van der Waals surface area contributed by atoms with Crippen LogP contribution < -0.4 is 10.6 Å². The molecule has 0 unspecified atom stereocenters. The molecule has 31 heavy (non-hydrogen) atoms. The molecular formula is C22H28ClN7O. The van der Waals surface area contributed by atoms with Gasteiger partial charge in [0.15, 0.2) is 11.7 Å². The summed E-state index contributed by atoms with van der Waals surface area (Å²) in [4.78, 5) is 11.3. The van der Waals surface area contributed by atoms with Gasteiger partial charge in [0, 0.05) is 50.7 Å². The second-order valence-electron chi connectivity index (χ2n) is 7.65. The molecule has 3 aromatic rings. The summed E-state index contributed by atoms with van der Waals surface area (Å²) in [5.74, 6) is 2.87. The second kappa shape index (κ2) is 10.5. The van der Waals surface area contributed by atoms with Crippen LogP contribution >= 0.6 is 11.6 Å². The van der Waals surface area contributed by atoms with Crippen LogP contribution in [0, 0.1) is 0 Å². The molecule has 1 aliphatic heterocycles. The molecule has 3 heterocycles. The smallest absolute Gasteiger partial charge is 0.216 e. The topological polar surface area (TPSA) is 94.4 Å².